The second-order valence-corrected chi connectivity index (χ2v) is 14.7. The van der Waals surface area contributed by atoms with Gasteiger partial charge in [0.15, 0.2) is 0 Å². The minimum Gasteiger partial charge on any atom is -0.481 e. The smallest absolute Gasteiger partial charge is 0.305 e. The molecule has 0 bridgehead atoms. The summed E-state index contributed by atoms with van der Waals surface area (Å²) in [5, 5.41) is 22.1. The summed E-state index contributed by atoms with van der Waals surface area (Å²) < 4.78 is 12.0. The number of pyridine rings is 2. The lowest BCUT2D eigenvalue weighted by atomic mass is 9.95. The number of nitrogens with zero attached hydrogens (tertiary/aromatic N) is 2. The predicted octanol–water partition coefficient (Wildman–Crippen LogP) is 6.49. The number of hydrogen-bond acceptors (Lipinski definition) is 9. The van der Waals surface area contributed by atoms with E-state index < -0.39 is 17.4 Å². The number of carbonyl (C=O) groups is 3. The number of fused-ring (bicyclic) bond motifs is 1. The molecule has 3 heterocycles. The van der Waals surface area contributed by atoms with E-state index in [-0.39, 0.29) is 30.4 Å². The molecule has 2 aromatic heterocycles. The average Bonchev–Trinajstić information content (AvgIpc) is 3.74. The first kappa shape index (κ1) is 38.0. The molecule has 6 rings (SSSR count). The van der Waals surface area contributed by atoms with Crippen LogP contribution < -0.4 is 30.7 Å². The lowest BCUT2D eigenvalue weighted by Crippen LogP contribution is -2.40. The number of rotatable bonds is 15. The Kier molecular flexibility index (Phi) is 11.8. The van der Waals surface area contributed by atoms with Gasteiger partial charge in [-0.15, -0.1) is 0 Å². The number of amides is 2. The van der Waals surface area contributed by atoms with Gasteiger partial charge in [0.25, 0.3) is 5.91 Å². The third-order valence-electron chi connectivity index (χ3n) is 9.40. The highest BCUT2D eigenvalue weighted by Gasteiger charge is 2.29. The van der Waals surface area contributed by atoms with Crippen molar-refractivity contribution in [2.45, 2.75) is 76.7 Å². The highest BCUT2D eigenvalue weighted by Crippen LogP contribution is 2.43. The lowest BCUT2D eigenvalue weighted by molar-refractivity contribution is -0.138. The monoisotopic (exact) mass is 760 g/mol. The van der Waals surface area contributed by atoms with Crippen LogP contribution >= 0.6 is 23.2 Å². The number of aliphatic carboxylic acids is 1. The summed E-state index contributed by atoms with van der Waals surface area (Å²) in [5.74, 6) is -0.166. The molecule has 2 aromatic carbocycles. The van der Waals surface area contributed by atoms with Gasteiger partial charge in [-0.3, -0.25) is 14.4 Å². The second-order valence-electron chi connectivity index (χ2n) is 13.9. The number of halogens is 2. The summed E-state index contributed by atoms with van der Waals surface area (Å²) in [5.41, 5.74) is 5.03. The van der Waals surface area contributed by atoms with Crippen LogP contribution in [-0.2, 0) is 29.1 Å². The summed E-state index contributed by atoms with van der Waals surface area (Å²) in [4.78, 5) is 45.0. The van der Waals surface area contributed by atoms with Gasteiger partial charge in [-0.1, -0.05) is 59.6 Å². The van der Waals surface area contributed by atoms with Gasteiger partial charge in [-0.2, -0.15) is 4.98 Å². The minimum absolute atomic E-state index is 0.0186. The van der Waals surface area contributed by atoms with Gasteiger partial charge in [0.05, 0.1) is 24.1 Å². The van der Waals surface area contributed by atoms with Crippen molar-refractivity contribution in [1.82, 2.24) is 25.9 Å². The quantitative estimate of drug-likeness (QED) is 0.0905. The average molecular weight is 762 g/mol. The van der Waals surface area contributed by atoms with Crippen molar-refractivity contribution in [3.8, 4) is 22.9 Å². The van der Waals surface area contributed by atoms with Gasteiger partial charge in [-0.05, 0) is 73.6 Å². The molecule has 1 fully saturated rings. The largest absolute Gasteiger partial charge is 0.481 e. The molecular formula is C39H42Cl2N6O6. The Balaban J connectivity index is 1.13. The number of carboxylic acids is 1. The molecule has 1 saturated heterocycles. The molecule has 0 saturated carbocycles. The van der Waals surface area contributed by atoms with Crippen molar-refractivity contribution in [2.24, 2.45) is 0 Å². The topological polar surface area (TPSA) is 164 Å². The Labute approximate surface area is 318 Å². The van der Waals surface area contributed by atoms with E-state index in [0.717, 1.165) is 46.2 Å². The van der Waals surface area contributed by atoms with E-state index in [1.807, 2.05) is 44.2 Å². The van der Waals surface area contributed by atoms with E-state index in [9.17, 15) is 14.4 Å². The van der Waals surface area contributed by atoms with Gasteiger partial charge in [0.2, 0.25) is 17.7 Å². The molecule has 0 radical (unpaired) electrons. The van der Waals surface area contributed by atoms with Crippen molar-refractivity contribution < 1.29 is 29.0 Å². The molecule has 53 heavy (non-hydrogen) atoms. The Morgan fingerprint density at radius 2 is 1.81 bits per heavy atom. The van der Waals surface area contributed by atoms with E-state index >= 15 is 0 Å². The van der Waals surface area contributed by atoms with Crippen molar-refractivity contribution in [2.75, 3.05) is 19.0 Å². The molecule has 2 atom stereocenters. The summed E-state index contributed by atoms with van der Waals surface area (Å²) in [6.45, 7) is 5.17. The first-order valence-corrected chi connectivity index (χ1v) is 18.2. The van der Waals surface area contributed by atoms with Gasteiger partial charge in [0, 0.05) is 55.0 Å². The van der Waals surface area contributed by atoms with Crippen LogP contribution in [0.2, 0.25) is 10.0 Å². The van der Waals surface area contributed by atoms with E-state index in [0.29, 0.717) is 59.8 Å². The summed E-state index contributed by atoms with van der Waals surface area (Å²) in [7, 11) is 1.55. The third kappa shape index (κ3) is 9.25. The fraction of sp³-hybridized carbons (Fsp3) is 0.359. The first-order chi connectivity index (χ1) is 25.4. The van der Waals surface area contributed by atoms with Crippen LogP contribution in [0.4, 0.5) is 5.82 Å². The van der Waals surface area contributed by atoms with Crippen LogP contribution in [0.25, 0.3) is 11.1 Å². The number of benzene rings is 2. The van der Waals surface area contributed by atoms with Crippen molar-refractivity contribution in [3.63, 3.8) is 0 Å². The molecule has 5 N–H and O–H groups in total. The molecule has 1 unspecified atom stereocenters. The van der Waals surface area contributed by atoms with Crippen molar-refractivity contribution >= 4 is 46.8 Å². The molecule has 278 valence electrons. The lowest BCUT2D eigenvalue weighted by Gasteiger charge is -2.24. The molecule has 14 heteroatoms. The molecule has 4 aromatic rings. The number of carboxylic acid groups (broad SMARTS) is 1. The first-order valence-electron chi connectivity index (χ1n) is 17.4. The third-order valence-corrected chi connectivity index (χ3v) is 10.1. The van der Waals surface area contributed by atoms with Crippen LogP contribution in [0.15, 0.2) is 60.8 Å². The van der Waals surface area contributed by atoms with E-state index in [4.69, 9.17) is 37.8 Å². The van der Waals surface area contributed by atoms with Gasteiger partial charge in [-0.25, -0.2) is 4.98 Å². The molecule has 0 spiro atoms. The predicted molar refractivity (Wildman–Crippen MR) is 203 cm³/mol. The van der Waals surface area contributed by atoms with E-state index in [2.05, 4.69) is 31.2 Å². The number of methoxy groups -OCH3 is 1. The number of anilines is 1. The second kappa shape index (κ2) is 16.5. The molecular weight excluding hydrogens is 719 g/mol. The molecule has 2 aliphatic rings. The van der Waals surface area contributed by atoms with Crippen LogP contribution in [0.5, 0.6) is 11.8 Å². The van der Waals surface area contributed by atoms with Crippen LogP contribution in [-0.4, -0.2) is 58.1 Å². The SMILES string of the molecule is COc1nc(O[C@H]2CCc3c(-c4cccc(C(=O)Nc5ccc(CNC(C)(C)CC(=O)O)cn5)c4Cl)cccc32)c(Cl)cc1CNCC1CCC(=O)N1. The number of ether oxygens (including phenoxy) is 2. The molecule has 2 amide bonds. The Morgan fingerprint density at radius 3 is 2.53 bits per heavy atom. The standard InChI is InChI=1S/C39H42Cl2N6O6/c1-39(2,17-34(49)50)44-19-22-10-14-32(43-18-22)46-36(51)29-9-5-8-28(35(29)41)25-6-4-7-27-26(25)12-13-31(27)53-38-30(40)16-23(37(47-38)52-3)20-42-21-24-11-15-33(48)45-24/h4-10,14,16,18,24,31,42,44H,11-13,15,17,19-21H2,1-3H3,(H,45,48)(H,49,50)(H,43,46,51)/t24?,31-/m0/s1. The number of hydrogen-bond donors (Lipinski definition) is 5. The minimum atomic E-state index is -0.878. The van der Waals surface area contributed by atoms with Crippen LogP contribution in [0.1, 0.15) is 78.2 Å². The van der Waals surface area contributed by atoms with E-state index in [1.165, 1.54) is 0 Å². The fourth-order valence-corrected chi connectivity index (χ4v) is 7.23. The number of nitrogens with one attached hydrogen (secondary N) is 4. The maximum Gasteiger partial charge on any atom is 0.305 e. The fourth-order valence-electron chi connectivity index (χ4n) is 6.70. The zero-order valence-corrected chi connectivity index (χ0v) is 31.2. The summed E-state index contributed by atoms with van der Waals surface area (Å²) >= 11 is 13.6. The summed E-state index contributed by atoms with van der Waals surface area (Å²) in [6.07, 6.45) is 4.06. The van der Waals surface area contributed by atoms with Crippen molar-refractivity contribution in [3.05, 3.63) is 98.7 Å². The highest BCUT2D eigenvalue weighted by atomic mass is 35.5. The maximum atomic E-state index is 13.4. The zero-order chi connectivity index (χ0) is 37.7. The van der Waals surface area contributed by atoms with Crippen LogP contribution in [0, 0.1) is 0 Å². The molecule has 12 nitrogen and oxygen atoms in total. The number of aromatic nitrogens is 2. The van der Waals surface area contributed by atoms with Gasteiger partial charge < -0.3 is 35.8 Å². The normalized spacial score (nSPS) is 16.6. The highest BCUT2D eigenvalue weighted by molar-refractivity contribution is 6.37. The van der Waals surface area contributed by atoms with Gasteiger partial charge in [0.1, 0.15) is 16.9 Å². The Morgan fingerprint density at radius 1 is 1.02 bits per heavy atom. The molecule has 1 aliphatic carbocycles. The number of carbonyl (C=O) groups excluding carboxylic acids is 2. The Hall–Kier alpha value is -4.75. The summed E-state index contributed by atoms with van der Waals surface area (Å²) in [6, 6.07) is 16.7. The molecule has 1 aliphatic heterocycles. The van der Waals surface area contributed by atoms with E-state index in [1.54, 1.807) is 37.6 Å². The maximum absolute atomic E-state index is 13.4. The van der Waals surface area contributed by atoms with Crippen LogP contribution in [0.3, 0.4) is 0 Å². The van der Waals surface area contributed by atoms with Crippen molar-refractivity contribution in [1.29, 1.82) is 0 Å². The Bertz CT molecular complexity index is 2010. The van der Waals surface area contributed by atoms with Gasteiger partial charge >= 0.3 is 5.97 Å². The zero-order valence-electron chi connectivity index (χ0n) is 29.7.